The predicted octanol–water partition coefficient (Wildman–Crippen LogP) is 0.437. The maximum absolute atomic E-state index is 5.87. The number of rotatable bonds is 3. The Kier molecular flexibility index (Phi) is 3.22. The van der Waals surface area contributed by atoms with Gasteiger partial charge < -0.3 is 19.7 Å². The third-order valence-electron chi connectivity index (χ3n) is 2.19. The summed E-state index contributed by atoms with van der Waals surface area (Å²) in [5.41, 5.74) is 5.52. The average molecular weight is 227 g/mol. The number of nitrogens with two attached hydrogens (primary N) is 1. The first-order valence-corrected chi connectivity index (χ1v) is 5.35. The van der Waals surface area contributed by atoms with Crippen molar-refractivity contribution >= 4 is 0 Å². The van der Waals surface area contributed by atoms with E-state index in [1.165, 1.54) is 0 Å². The Morgan fingerprint density at radius 3 is 2.88 bits per heavy atom. The van der Waals surface area contributed by atoms with Crippen LogP contribution in [0, 0.1) is 0 Å². The van der Waals surface area contributed by atoms with Gasteiger partial charge in [-0.2, -0.15) is 4.98 Å². The molecule has 1 saturated heterocycles. The second-order valence-corrected chi connectivity index (χ2v) is 4.65. The van der Waals surface area contributed by atoms with E-state index in [1.54, 1.807) is 0 Å². The first-order valence-electron chi connectivity index (χ1n) is 5.35. The summed E-state index contributed by atoms with van der Waals surface area (Å²) in [6, 6.07) is 0. The van der Waals surface area contributed by atoms with Gasteiger partial charge in [0.2, 0.25) is 11.7 Å². The molecule has 6 heteroatoms. The highest BCUT2D eigenvalue weighted by atomic mass is 16.6. The monoisotopic (exact) mass is 227 g/mol. The number of aromatic nitrogens is 2. The van der Waals surface area contributed by atoms with Crippen molar-refractivity contribution in [1.29, 1.82) is 0 Å². The normalized spacial score (nSPS) is 22.3. The van der Waals surface area contributed by atoms with E-state index in [0.717, 1.165) is 0 Å². The van der Waals surface area contributed by atoms with Gasteiger partial charge in [-0.15, -0.1) is 0 Å². The molecule has 0 bridgehead atoms. The molecule has 0 spiro atoms. The summed E-state index contributed by atoms with van der Waals surface area (Å²) in [7, 11) is 0. The highest BCUT2D eigenvalue weighted by Crippen LogP contribution is 2.18. The van der Waals surface area contributed by atoms with E-state index in [9.17, 15) is 0 Å². The van der Waals surface area contributed by atoms with Crippen molar-refractivity contribution in [1.82, 2.24) is 10.1 Å². The third-order valence-corrected chi connectivity index (χ3v) is 2.19. The van der Waals surface area contributed by atoms with Crippen LogP contribution in [0.25, 0.3) is 0 Å². The van der Waals surface area contributed by atoms with Crippen LogP contribution in [0.2, 0.25) is 0 Å². The smallest absolute Gasteiger partial charge is 0.228 e. The second-order valence-electron chi connectivity index (χ2n) is 4.65. The molecule has 1 atom stereocenters. The number of hydrogen-bond acceptors (Lipinski definition) is 6. The molecular weight excluding hydrogens is 210 g/mol. The molecule has 1 unspecified atom stereocenters. The van der Waals surface area contributed by atoms with Crippen molar-refractivity contribution in [2.24, 2.45) is 5.73 Å². The van der Waals surface area contributed by atoms with Crippen molar-refractivity contribution in [2.45, 2.75) is 31.9 Å². The molecule has 2 N–H and O–H groups in total. The number of hydrogen-bond donors (Lipinski definition) is 1. The van der Waals surface area contributed by atoms with E-state index in [0.29, 0.717) is 38.0 Å². The van der Waals surface area contributed by atoms with Gasteiger partial charge in [0.25, 0.3) is 0 Å². The maximum Gasteiger partial charge on any atom is 0.228 e. The minimum atomic E-state index is -0.353. The van der Waals surface area contributed by atoms with Crippen LogP contribution in [-0.2, 0) is 15.9 Å². The fourth-order valence-corrected chi connectivity index (χ4v) is 1.50. The lowest BCUT2D eigenvalue weighted by atomic mass is 10.0. The standard InChI is InChI=1S/C10H17N3O3/c1-10(2,11)5-8-12-9(13-16-8)7-6-14-3-4-15-7/h7H,3-6,11H2,1-2H3. The molecule has 16 heavy (non-hydrogen) atoms. The van der Waals surface area contributed by atoms with Crippen LogP contribution in [0.3, 0.4) is 0 Å². The van der Waals surface area contributed by atoms with Crippen molar-refractivity contribution in [2.75, 3.05) is 19.8 Å². The summed E-state index contributed by atoms with van der Waals surface area (Å²) in [5.74, 6) is 1.08. The Morgan fingerprint density at radius 1 is 1.44 bits per heavy atom. The average Bonchev–Trinajstić information content (AvgIpc) is 2.65. The van der Waals surface area contributed by atoms with Gasteiger partial charge >= 0.3 is 0 Å². The lowest BCUT2D eigenvalue weighted by molar-refractivity contribution is -0.0941. The molecular formula is C10H17N3O3. The van der Waals surface area contributed by atoms with Gasteiger partial charge in [-0.05, 0) is 13.8 Å². The van der Waals surface area contributed by atoms with E-state index in [2.05, 4.69) is 10.1 Å². The molecule has 0 aromatic carbocycles. The van der Waals surface area contributed by atoms with Gasteiger partial charge in [-0.3, -0.25) is 0 Å². The van der Waals surface area contributed by atoms with Crippen LogP contribution >= 0.6 is 0 Å². The summed E-state index contributed by atoms with van der Waals surface area (Å²) in [5, 5.41) is 3.88. The summed E-state index contributed by atoms with van der Waals surface area (Å²) >= 11 is 0. The van der Waals surface area contributed by atoms with E-state index < -0.39 is 0 Å². The molecule has 0 aliphatic carbocycles. The van der Waals surface area contributed by atoms with Crippen molar-refractivity contribution in [3.8, 4) is 0 Å². The molecule has 6 nitrogen and oxygen atoms in total. The molecule has 1 aromatic rings. The van der Waals surface area contributed by atoms with Crippen molar-refractivity contribution < 1.29 is 14.0 Å². The topological polar surface area (TPSA) is 83.4 Å². The molecule has 1 aliphatic rings. The minimum Gasteiger partial charge on any atom is -0.376 e. The van der Waals surface area contributed by atoms with E-state index in [-0.39, 0.29) is 11.6 Å². The SMILES string of the molecule is CC(C)(N)Cc1nc(C2COCCO2)no1. The van der Waals surface area contributed by atoms with E-state index in [4.69, 9.17) is 19.7 Å². The molecule has 1 aromatic heterocycles. The molecule has 2 heterocycles. The van der Waals surface area contributed by atoms with Gasteiger partial charge in [0.05, 0.1) is 19.8 Å². The lowest BCUT2D eigenvalue weighted by Crippen LogP contribution is -2.34. The van der Waals surface area contributed by atoms with E-state index >= 15 is 0 Å². The van der Waals surface area contributed by atoms with Crippen LogP contribution in [0.5, 0.6) is 0 Å². The van der Waals surface area contributed by atoms with Crippen molar-refractivity contribution in [3.63, 3.8) is 0 Å². The first kappa shape index (κ1) is 11.5. The Hall–Kier alpha value is -0.980. The van der Waals surface area contributed by atoms with Crippen LogP contribution in [0.1, 0.15) is 31.7 Å². The zero-order valence-electron chi connectivity index (χ0n) is 9.60. The summed E-state index contributed by atoms with van der Waals surface area (Å²) in [6.07, 6.45) is 0.334. The van der Waals surface area contributed by atoms with Crippen molar-refractivity contribution in [3.05, 3.63) is 11.7 Å². The van der Waals surface area contributed by atoms with Gasteiger partial charge in [0.1, 0.15) is 6.10 Å². The molecule has 90 valence electrons. The summed E-state index contributed by atoms with van der Waals surface area (Å²) < 4.78 is 15.9. The Bertz CT molecular complexity index is 339. The molecule has 0 saturated carbocycles. The van der Waals surface area contributed by atoms with Crippen LogP contribution < -0.4 is 5.73 Å². The van der Waals surface area contributed by atoms with Gasteiger partial charge in [-0.25, -0.2) is 0 Å². The number of nitrogens with zero attached hydrogens (tertiary/aromatic N) is 2. The summed E-state index contributed by atoms with van der Waals surface area (Å²) in [6.45, 7) is 5.49. The van der Waals surface area contributed by atoms with Gasteiger partial charge in [-0.1, -0.05) is 5.16 Å². The highest BCUT2D eigenvalue weighted by molar-refractivity contribution is 4.95. The van der Waals surface area contributed by atoms with E-state index in [1.807, 2.05) is 13.8 Å². The second kappa shape index (κ2) is 4.48. The molecule has 0 radical (unpaired) electrons. The summed E-state index contributed by atoms with van der Waals surface area (Å²) in [4.78, 5) is 4.26. The quantitative estimate of drug-likeness (QED) is 0.806. The van der Waals surface area contributed by atoms with Crippen LogP contribution in [-0.4, -0.2) is 35.5 Å². The lowest BCUT2D eigenvalue weighted by Gasteiger charge is -2.19. The maximum atomic E-state index is 5.87. The first-order chi connectivity index (χ1) is 7.54. The van der Waals surface area contributed by atoms with Crippen LogP contribution in [0.15, 0.2) is 4.52 Å². The van der Waals surface area contributed by atoms with Gasteiger partial charge in [0, 0.05) is 12.0 Å². The fourth-order valence-electron chi connectivity index (χ4n) is 1.50. The zero-order valence-corrected chi connectivity index (χ0v) is 9.60. The Morgan fingerprint density at radius 2 is 2.25 bits per heavy atom. The molecule has 2 rings (SSSR count). The number of ether oxygens (including phenoxy) is 2. The minimum absolute atomic E-state index is 0.216. The Labute approximate surface area is 94.1 Å². The fraction of sp³-hybridized carbons (Fsp3) is 0.800. The largest absolute Gasteiger partial charge is 0.376 e. The highest BCUT2D eigenvalue weighted by Gasteiger charge is 2.24. The predicted molar refractivity (Wildman–Crippen MR) is 55.8 cm³/mol. The van der Waals surface area contributed by atoms with Crippen LogP contribution in [0.4, 0.5) is 0 Å². The van der Waals surface area contributed by atoms with Gasteiger partial charge in [0.15, 0.2) is 0 Å². The molecule has 1 aliphatic heterocycles. The Balaban J connectivity index is 2.01. The third kappa shape index (κ3) is 3.01. The molecule has 0 amide bonds. The zero-order chi connectivity index (χ0) is 11.6. The molecule has 1 fully saturated rings.